The van der Waals surface area contributed by atoms with E-state index >= 15 is 0 Å². The van der Waals surface area contributed by atoms with Crippen LogP contribution in [0.5, 0.6) is 0 Å². The first kappa shape index (κ1) is 12.3. The average molecular weight is 223 g/mol. The van der Waals surface area contributed by atoms with Crippen molar-refractivity contribution in [3.8, 4) is 0 Å². The molecule has 0 radical (unpaired) electrons. The first-order valence-electron chi connectivity index (χ1n) is 4.94. The summed E-state index contributed by atoms with van der Waals surface area (Å²) in [6.45, 7) is 0.237. The van der Waals surface area contributed by atoms with Gasteiger partial charge in [-0.1, -0.05) is 0 Å². The fourth-order valence-electron chi connectivity index (χ4n) is 1.39. The smallest absolute Gasteiger partial charge is 0.265 e. The minimum Gasteiger partial charge on any atom is -0.385 e. The molecule has 0 spiro atoms. The summed E-state index contributed by atoms with van der Waals surface area (Å²) in [6.07, 6.45) is -2.79. The quantitative estimate of drug-likeness (QED) is 0.704. The summed E-state index contributed by atoms with van der Waals surface area (Å²) in [7, 11) is 0. The number of hydrogen-bond acceptors (Lipinski definition) is 3. The second kappa shape index (κ2) is 5.97. The van der Waals surface area contributed by atoms with Gasteiger partial charge in [-0.05, 0) is 12.8 Å². The third kappa shape index (κ3) is 4.53. The van der Waals surface area contributed by atoms with Crippen LogP contribution in [0, 0.1) is 0 Å². The molecule has 2 atom stereocenters. The van der Waals surface area contributed by atoms with E-state index in [0.29, 0.717) is 6.61 Å². The molecule has 0 aromatic rings. The summed E-state index contributed by atoms with van der Waals surface area (Å²) in [6, 6.07) is 0. The average Bonchev–Trinajstić information content (AvgIpc) is 2.66. The lowest BCUT2D eigenvalue weighted by atomic mass is 10.2. The van der Waals surface area contributed by atoms with Gasteiger partial charge in [0, 0.05) is 13.2 Å². The maximum absolute atomic E-state index is 11.9. The predicted octanol–water partition coefficient (Wildman–Crippen LogP) is 0.298. The predicted molar refractivity (Wildman–Crippen MR) is 48.6 cm³/mol. The Labute approximate surface area is 86.6 Å². The molecule has 88 valence electrons. The van der Waals surface area contributed by atoms with Gasteiger partial charge in [-0.2, -0.15) is 0 Å². The summed E-state index contributed by atoms with van der Waals surface area (Å²) in [5, 5.41) is 11.0. The van der Waals surface area contributed by atoms with E-state index in [0.717, 1.165) is 12.8 Å². The van der Waals surface area contributed by atoms with Gasteiger partial charge < -0.3 is 15.2 Å². The summed E-state index contributed by atoms with van der Waals surface area (Å²) in [5.41, 5.74) is 0. The number of amides is 1. The van der Waals surface area contributed by atoms with Gasteiger partial charge in [0.1, 0.15) is 6.10 Å². The second-order valence-electron chi connectivity index (χ2n) is 3.55. The van der Waals surface area contributed by atoms with Crippen molar-refractivity contribution >= 4 is 5.91 Å². The molecule has 0 bridgehead atoms. The zero-order valence-electron chi connectivity index (χ0n) is 8.29. The van der Waals surface area contributed by atoms with Crippen LogP contribution in [0.2, 0.25) is 0 Å². The standard InChI is InChI=1S/C9H15F2NO3/c10-9(11)7(13)5-12-8(14)4-6-2-1-3-15-6/h6-7,9,13H,1-5H2,(H,12,14). The maximum Gasteiger partial charge on any atom is 0.265 e. The lowest BCUT2D eigenvalue weighted by Gasteiger charge is -2.12. The van der Waals surface area contributed by atoms with Crippen molar-refractivity contribution in [2.24, 2.45) is 0 Å². The lowest BCUT2D eigenvalue weighted by molar-refractivity contribution is -0.124. The number of halogens is 2. The van der Waals surface area contributed by atoms with E-state index in [-0.39, 0.29) is 18.4 Å². The Balaban J connectivity index is 2.12. The highest BCUT2D eigenvalue weighted by Gasteiger charge is 2.21. The van der Waals surface area contributed by atoms with Crippen LogP contribution >= 0.6 is 0 Å². The third-order valence-electron chi connectivity index (χ3n) is 2.24. The van der Waals surface area contributed by atoms with Crippen molar-refractivity contribution in [2.45, 2.75) is 37.9 Å². The van der Waals surface area contributed by atoms with E-state index in [1.165, 1.54) is 0 Å². The molecule has 0 saturated carbocycles. The van der Waals surface area contributed by atoms with Gasteiger partial charge in [-0.15, -0.1) is 0 Å². The highest BCUT2D eigenvalue weighted by Crippen LogP contribution is 2.14. The monoisotopic (exact) mass is 223 g/mol. The fraction of sp³-hybridized carbons (Fsp3) is 0.889. The topological polar surface area (TPSA) is 58.6 Å². The maximum atomic E-state index is 11.9. The van der Waals surface area contributed by atoms with Gasteiger partial charge in [0.05, 0.1) is 12.5 Å². The van der Waals surface area contributed by atoms with Crippen LogP contribution in [0.1, 0.15) is 19.3 Å². The number of carbonyl (C=O) groups excluding carboxylic acids is 1. The molecule has 2 unspecified atom stereocenters. The van der Waals surface area contributed by atoms with E-state index in [1.54, 1.807) is 0 Å². The van der Waals surface area contributed by atoms with Crippen LogP contribution < -0.4 is 5.32 Å². The van der Waals surface area contributed by atoms with Crippen LogP contribution in [0.15, 0.2) is 0 Å². The van der Waals surface area contributed by atoms with Crippen LogP contribution in [0.3, 0.4) is 0 Å². The number of aliphatic hydroxyl groups excluding tert-OH is 1. The van der Waals surface area contributed by atoms with Gasteiger partial charge in [-0.25, -0.2) is 8.78 Å². The molecular weight excluding hydrogens is 208 g/mol. The number of rotatable bonds is 5. The Kier molecular flexibility index (Phi) is 4.90. The second-order valence-corrected chi connectivity index (χ2v) is 3.55. The van der Waals surface area contributed by atoms with E-state index in [1.807, 2.05) is 0 Å². The molecular formula is C9H15F2NO3. The van der Waals surface area contributed by atoms with Crippen LogP contribution in [-0.2, 0) is 9.53 Å². The Morgan fingerprint density at radius 2 is 2.33 bits per heavy atom. The normalized spacial score (nSPS) is 23.1. The third-order valence-corrected chi connectivity index (χ3v) is 2.24. The molecule has 1 heterocycles. The van der Waals surface area contributed by atoms with E-state index in [4.69, 9.17) is 9.84 Å². The molecule has 1 saturated heterocycles. The SMILES string of the molecule is O=C(CC1CCCO1)NCC(O)C(F)F. The molecule has 0 aromatic heterocycles. The first-order valence-corrected chi connectivity index (χ1v) is 4.94. The Hall–Kier alpha value is -0.750. The van der Waals surface area contributed by atoms with E-state index < -0.39 is 19.1 Å². The van der Waals surface area contributed by atoms with Crippen LogP contribution in [0.4, 0.5) is 8.78 Å². The molecule has 1 amide bonds. The minimum atomic E-state index is -2.83. The van der Waals surface area contributed by atoms with Crippen molar-refractivity contribution in [1.82, 2.24) is 5.32 Å². The van der Waals surface area contributed by atoms with Gasteiger partial charge in [0.2, 0.25) is 5.91 Å². The first-order chi connectivity index (χ1) is 7.09. The zero-order valence-corrected chi connectivity index (χ0v) is 8.29. The molecule has 1 aliphatic rings. The highest BCUT2D eigenvalue weighted by molar-refractivity contribution is 5.76. The Bertz CT molecular complexity index is 208. The number of ether oxygens (including phenoxy) is 1. The van der Waals surface area contributed by atoms with Gasteiger partial charge in [0.15, 0.2) is 0 Å². The molecule has 1 fully saturated rings. The molecule has 4 nitrogen and oxygen atoms in total. The Morgan fingerprint density at radius 1 is 1.60 bits per heavy atom. The van der Waals surface area contributed by atoms with Gasteiger partial charge in [-0.3, -0.25) is 4.79 Å². The molecule has 15 heavy (non-hydrogen) atoms. The van der Waals surface area contributed by atoms with Crippen LogP contribution in [0.25, 0.3) is 0 Å². The minimum absolute atomic E-state index is 0.103. The number of hydrogen-bond donors (Lipinski definition) is 2. The zero-order chi connectivity index (χ0) is 11.3. The van der Waals surface area contributed by atoms with Crippen molar-refractivity contribution in [1.29, 1.82) is 0 Å². The van der Waals surface area contributed by atoms with Crippen molar-refractivity contribution in [2.75, 3.05) is 13.2 Å². The fourth-order valence-corrected chi connectivity index (χ4v) is 1.39. The lowest BCUT2D eigenvalue weighted by Crippen LogP contribution is -2.37. The summed E-state index contributed by atoms with van der Waals surface area (Å²) in [4.78, 5) is 11.2. The van der Waals surface area contributed by atoms with Crippen LogP contribution in [-0.4, -0.2) is 42.8 Å². The summed E-state index contributed by atoms with van der Waals surface area (Å²) in [5.74, 6) is -0.360. The summed E-state index contributed by atoms with van der Waals surface area (Å²) < 4.78 is 28.9. The number of nitrogens with one attached hydrogen (secondary N) is 1. The number of carbonyl (C=O) groups is 1. The summed E-state index contributed by atoms with van der Waals surface area (Å²) >= 11 is 0. The molecule has 0 aliphatic carbocycles. The van der Waals surface area contributed by atoms with Gasteiger partial charge in [0.25, 0.3) is 6.43 Å². The van der Waals surface area contributed by atoms with E-state index in [9.17, 15) is 13.6 Å². The largest absolute Gasteiger partial charge is 0.385 e. The van der Waals surface area contributed by atoms with Gasteiger partial charge >= 0.3 is 0 Å². The molecule has 0 aromatic carbocycles. The Morgan fingerprint density at radius 3 is 2.87 bits per heavy atom. The molecule has 6 heteroatoms. The number of aliphatic hydroxyl groups is 1. The highest BCUT2D eigenvalue weighted by atomic mass is 19.3. The van der Waals surface area contributed by atoms with Crippen molar-refractivity contribution in [3.05, 3.63) is 0 Å². The van der Waals surface area contributed by atoms with Crippen molar-refractivity contribution in [3.63, 3.8) is 0 Å². The molecule has 1 rings (SSSR count). The molecule has 2 N–H and O–H groups in total. The number of alkyl halides is 2. The molecule has 1 aliphatic heterocycles. The van der Waals surface area contributed by atoms with Crippen molar-refractivity contribution < 1.29 is 23.4 Å². The van der Waals surface area contributed by atoms with E-state index in [2.05, 4.69) is 5.32 Å².